The van der Waals surface area contributed by atoms with Crippen LogP contribution in [0, 0.1) is 6.92 Å². The molecule has 3 nitrogen and oxygen atoms in total. The van der Waals surface area contributed by atoms with Gasteiger partial charge >= 0.3 is 0 Å². The second kappa shape index (κ2) is 4.49. The van der Waals surface area contributed by atoms with Gasteiger partial charge in [-0.15, -0.1) is 22.9 Å². The molecule has 1 heterocycles. The van der Waals surface area contributed by atoms with E-state index in [0.29, 0.717) is 11.6 Å². The molecular formula is C10H15ClN2OS. The van der Waals surface area contributed by atoms with Crippen LogP contribution >= 0.6 is 22.9 Å². The van der Waals surface area contributed by atoms with Gasteiger partial charge in [-0.3, -0.25) is 4.79 Å². The Kier molecular flexibility index (Phi) is 3.73. The summed E-state index contributed by atoms with van der Waals surface area (Å²) in [4.78, 5) is 17.8. The van der Waals surface area contributed by atoms with Gasteiger partial charge in [0, 0.05) is 18.3 Å². The fraction of sp³-hybridized carbons (Fsp3) is 0.600. The molecule has 1 aromatic heterocycles. The molecule has 0 radical (unpaired) electrons. The highest BCUT2D eigenvalue weighted by molar-refractivity contribution is 7.09. The lowest BCUT2D eigenvalue weighted by Crippen LogP contribution is -2.46. The van der Waals surface area contributed by atoms with Crippen molar-refractivity contribution in [2.45, 2.75) is 26.3 Å². The molecule has 0 aromatic carbocycles. The summed E-state index contributed by atoms with van der Waals surface area (Å²) in [6.07, 6.45) is 0. The van der Waals surface area contributed by atoms with E-state index in [0.717, 1.165) is 5.01 Å². The molecule has 1 aromatic rings. The average molecular weight is 247 g/mol. The van der Waals surface area contributed by atoms with E-state index in [1.165, 1.54) is 11.3 Å². The number of halogens is 1. The lowest BCUT2D eigenvalue weighted by atomic mass is 10.1. The summed E-state index contributed by atoms with van der Waals surface area (Å²) in [5, 5.41) is 2.67. The smallest absolute Gasteiger partial charge is 0.273 e. The second-order valence-corrected chi connectivity index (χ2v) is 5.39. The summed E-state index contributed by atoms with van der Waals surface area (Å²) >= 11 is 7.29. The van der Waals surface area contributed by atoms with Gasteiger partial charge in [-0.05, 0) is 20.8 Å². The number of aryl methyl sites for hydroxylation is 1. The average Bonchev–Trinajstić information content (AvgIpc) is 2.62. The maximum atomic E-state index is 12.0. The molecule has 0 spiro atoms. The van der Waals surface area contributed by atoms with Crippen molar-refractivity contribution >= 4 is 28.8 Å². The molecular weight excluding hydrogens is 232 g/mol. The maximum Gasteiger partial charge on any atom is 0.273 e. The number of thiazole rings is 1. The maximum absolute atomic E-state index is 12.0. The third-order valence-electron chi connectivity index (χ3n) is 2.38. The van der Waals surface area contributed by atoms with Gasteiger partial charge in [0.2, 0.25) is 0 Å². The molecule has 0 saturated heterocycles. The molecule has 1 amide bonds. The number of carbonyl (C=O) groups excluding carboxylic acids is 1. The highest BCUT2D eigenvalue weighted by Crippen LogP contribution is 2.18. The van der Waals surface area contributed by atoms with E-state index in [1.54, 1.807) is 17.3 Å². The van der Waals surface area contributed by atoms with Crippen LogP contribution in [0.15, 0.2) is 5.38 Å². The predicted molar refractivity (Wildman–Crippen MR) is 63.7 cm³/mol. The first kappa shape index (κ1) is 12.5. The molecule has 0 bridgehead atoms. The van der Waals surface area contributed by atoms with Crippen LogP contribution in [0.5, 0.6) is 0 Å². The number of carbonyl (C=O) groups is 1. The Bertz CT molecular complexity index is 362. The minimum atomic E-state index is -0.351. The molecule has 0 aliphatic heterocycles. The highest BCUT2D eigenvalue weighted by atomic mass is 35.5. The number of hydrogen-bond acceptors (Lipinski definition) is 3. The van der Waals surface area contributed by atoms with Crippen molar-refractivity contribution in [2.24, 2.45) is 0 Å². The Balaban J connectivity index is 2.86. The first-order valence-electron chi connectivity index (χ1n) is 4.65. The topological polar surface area (TPSA) is 33.2 Å². The molecule has 0 saturated carbocycles. The van der Waals surface area contributed by atoms with Crippen molar-refractivity contribution in [1.82, 2.24) is 9.88 Å². The second-order valence-electron chi connectivity index (χ2n) is 4.06. The molecule has 0 aliphatic carbocycles. The minimum absolute atomic E-state index is 0.0787. The zero-order valence-corrected chi connectivity index (χ0v) is 10.9. The summed E-state index contributed by atoms with van der Waals surface area (Å²) in [5.74, 6) is 0.322. The van der Waals surface area contributed by atoms with E-state index in [-0.39, 0.29) is 11.4 Å². The van der Waals surface area contributed by atoms with Crippen molar-refractivity contribution in [2.75, 3.05) is 12.9 Å². The van der Waals surface area contributed by atoms with Gasteiger partial charge in [-0.1, -0.05) is 0 Å². The summed E-state index contributed by atoms with van der Waals surface area (Å²) < 4.78 is 0. The van der Waals surface area contributed by atoms with Crippen LogP contribution in [0.25, 0.3) is 0 Å². The third kappa shape index (κ3) is 2.69. The molecule has 84 valence electrons. The van der Waals surface area contributed by atoms with Gasteiger partial charge < -0.3 is 4.90 Å². The largest absolute Gasteiger partial charge is 0.334 e. The molecule has 1 rings (SSSR count). The number of aromatic nitrogens is 1. The van der Waals surface area contributed by atoms with Crippen LogP contribution in [-0.2, 0) is 0 Å². The first-order valence-corrected chi connectivity index (χ1v) is 6.06. The quantitative estimate of drug-likeness (QED) is 0.768. The van der Waals surface area contributed by atoms with Crippen LogP contribution in [0.2, 0.25) is 0 Å². The van der Waals surface area contributed by atoms with Crippen molar-refractivity contribution in [3.8, 4) is 0 Å². The fourth-order valence-corrected chi connectivity index (χ4v) is 1.76. The number of nitrogens with zero attached hydrogens (tertiary/aromatic N) is 2. The third-order valence-corrected chi connectivity index (χ3v) is 3.81. The SMILES string of the molecule is Cc1nc(C(=O)N(C)C(C)(C)CCl)cs1. The Hall–Kier alpha value is -0.610. The van der Waals surface area contributed by atoms with Crippen molar-refractivity contribution < 1.29 is 4.79 Å². The van der Waals surface area contributed by atoms with Gasteiger partial charge in [0.25, 0.3) is 5.91 Å². The van der Waals surface area contributed by atoms with Gasteiger partial charge in [0.05, 0.1) is 10.5 Å². The van der Waals surface area contributed by atoms with E-state index < -0.39 is 0 Å². The molecule has 15 heavy (non-hydrogen) atoms. The molecule has 5 heteroatoms. The van der Waals surface area contributed by atoms with Crippen LogP contribution in [0.4, 0.5) is 0 Å². The number of hydrogen-bond donors (Lipinski definition) is 0. The van der Waals surface area contributed by atoms with Crippen molar-refractivity contribution in [1.29, 1.82) is 0 Å². The van der Waals surface area contributed by atoms with Crippen LogP contribution in [0.3, 0.4) is 0 Å². The number of alkyl halides is 1. The monoisotopic (exact) mass is 246 g/mol. The summed E-state index contributed by atoms with van der Waals surface area (Å²) in [6, 6.07) is 0. The normalized spacial score (nSPS) is 11.5. The lowest BCUT2D eigenvalue weighted by molar-refractivity contribution is 0.0655. The summed E-state index contributed by atoms with van der Waals surface area (Å²) in [5.41, 5.74) is 0.147. The van der Waals surface area contributed by atoms with E-state index >= 15 is 0 Å². The predicted octanol–water partition coefficient (Wildman–Crippen LogP) is 2.54. The van der Waals surface area contributed by atoms with Gasteiger partial charge in [-0.25, -0.2) is 4.98 Å². The van der Waals surface area contributed by atoms with Crippen molar-refractivity contribution in [3.05, 3.63) is 16.1 Å². The first-order chi connectivity index (χ1) is 6.88. The fourth-order valence-electron chi connectivity index (χ4n) is 0.998. The van der Waals surface area contributed by atoms with E-state index in [9.17, 15) is 4.79 Å². The van der Waals surface area contributed by atoms with Crippen LogP contribution in [0.1, 0.15) is 29.3 Å². The van der Waals surface area contributed by atoms with Gasteiger partial charge in [0.1, 0.15) is 5.69 Å². The summed E-state index contributed by atoms with van der Waals surface area (Å²) in [7, 11) is 1.75. The zero-order chi connectivity index (χ0) is 11.6. The van der Waals surface area contributed by atoms with Crippen molar-refractivity contribution in [3.63, 3.8) is 0 Å². The molecule has 0 N–H and O–H groups in total. The Morgan fingerprint density at radius 1 is 1.67 bits per heavy atom. The summed E-state index contributed by atoms with van der Waals surface area (Å²) in [6.45, 7) is 5.74. The Morgan fingerprint density at radius 2 is 2.27 bits per heavy atom. The Labute approximate surface area is 99.1 Å². The minimum Gasteiger partial charge on any atom is -0.334 e. The number of rotatable bonds is 3. The molecule has 0 atom stereocenters. The molecule has 0 aliphatic rings. The zero-order valence-electron chi connectivity index (χ0n) is 9.37. The van der Waals surface area contributed by atoms with E-state index in [4.69, 9.17) is 11.6 Å². The van der Waals surface area contributed by atoms with Crippen LogP contribution in [-0.4, -0.2) is 34.3 Å². The molecule has 0 unspecified atom stereocenters. The number of amides is 1. The van der Waals surface area contributed by atoms with Crippen LogP contribution < -0.4 is 0 Å². The Morgan fingerprint density at radius 3 is 2.67 bits per heavy atom. The van der Waals surface area contributed by atoms with Gasteiger partial charge in [0.15, 0.2) is 0 Å². The highest BCUT2D eigenvalue weighted by Gasteiger charge is 2.28. The molecule has 0 fully saturated rings. The lowest BCUT2D eigenvalue weighted by Gasteiger charge is -2.33. The van der Waals surface area contributed by atoms with E-state index in [1.807, 2.05) is 20.8 Å². The van der Waals surface area contributed by atoms with E-state index in [2.05, 4.69) is 4.98 Å². The van der Waals surface area contributed by atoms with Gasteiger partial charge in [-0.2, -0.15) is 0 Å². The standard InChI is InChI=1S/C10H15ClN2OS/c1-7-12-8(5-15-7)9(14)13(4)10(2,3)6-11/h5H,6H2,1-4H3.